The van der Waals surface area contributed by atoms with E-state index in [0.717, 1.165) is 24.1 Å². The summed E-state index contributed by atoms with van der Waals surface area (Å²) in [7, 11) is 0. The molecular formula is C26H28Cl2N6. The average molecular weight is 495 g/mol. The van der Waals surface area contributed by atoms with Gasteiger partial charge in [-0.3, -0.25) is 4.90 Å². The Bertz CT molecular complexity index is 1310. The molecule has 176 valence electrons. The largest absolute Gasteiger partial charge is 0.297 e. The summed E-state index contributed by atoms with van der Waals surface area (Å²) in [5, 5.41) is 15.3. The molecule has 5 rings (SSSR count). The third kappa shape index (κ3) is 4.11. The average Bonchev–Trinajstić information content (AvgIpc) is 3.41. The van der Waals surface area contributed by atoms with Crippen molar-refractivity contribution in [3.05, 3.63) is 57.5 Å². The topological polar surface area (TPSA) is 70.6 Å². The molecule has 8 heteroatoms. The maximum Gasteiger partial charge on any atom is 0.190 e. The highest BCUT2D eigenvalue weighted by molar-refractivity contribution is 6.35. The molecule has 1 saturated heterocycles. The van der Waals surface area contributed by atoms with Crippen LogP contribution in [-0.2, 0) is 0 Å². The minimum absolute atomic E-state index is 0.237. The Morgan fingerprint density at radius 3 is 2.74 bits per heavy atom. The van der Waals surface area contributed by atoms with E-state index in [9.17, 15) is 5.26 Å². The van der Waals surface area contributed by atoms with Gasteiger partial charge in [0.05, 0.1) is 17.9 Å². The zero-order valence-electron chi connectivity index (χ0n) is 19.7. The zero-order chi connectivity index (χ0) is 24.0. The molecule has 6 nitrogen and oxygen atoms in total. The highest BCUT2D eigenvalue weighted by Gasteiger charge is 2.33. The van der Waals surface area contributed by atoms with Crippen LogP contribution in [0.5, 0.6) is 0 Å². The lowest BCUT2D eigenvalue weighted by Crippen LogP contribution is -2.42. The number of nitriles is 1. The molecule has 2 aliphatic rings. The van der Waals surface area contributed by atoms with E-state index in [0.29, 0.717) is 39.2 Å². The summed E-state index contributed by atoms with van der Waals surface area (Å²) in [6, 6.07) is 8.58. The summed E-state index contributed by atoms with van der Waals surface area (Å²) in [5.41, 5.74) is 4.30. The van der Waals surface area contributed by atoms with Crippen LogP contribution >= 0.6 is 23.2 Å². The third-order valence-corrected chi connectivity index (χ3v) is 8.01. The van der Waals surface area contributed by atoms with E-state index in [4.69, 9.17) is 28.2 Å². The van der Waals surface area contributed by atoms with E-state index in [1.165, 1.54) is 25.0 Å². The SMILES string of the molecule is CC(c1ccc(Cl)cc1Cl)n1nc(C#N)c2ncc(C3=CCC(N4CCC[C@H]4C)[C@H](C)C3)nc21. The number of nitrogens with zero attached hydrogens (tertiary/aromatic N) is 6. The zero-order valence-corrected chi connectivity index (χ0v) is 21.2. The maximum absolute atomic E-state index is 9.65. The monoisotopic (exact) mass is 494 g/mol. The predicted molar refractivity (Wildman–Crippen MR) is 136 cm³/mol. The predicted octanol–water partition coefficient (Wildman–Crippen LogP) is 6.28. The molecule has 0 amide bonds. The van der Waals surface area contributed by atoms with E-state index in [1.807, 2.05) is 13.0 Å². The second-order valence-electron chi connectivity index (χ2n) is 9.62. The number of hydrogen-bond donors (Lipinski definition) is 0. The first-order valence-electron chi connectivity index (χ1n) is 11.9. The lowest BCUT2D eigenvalue weighted by Gasteiger charge is -2.38. The number of likely N-dealkylation sites (tertiary alicyclic amines) is 1. The molecule has 3 aromatic rings. The molecule has 1 fully saturated rings. The Balaban J connectivity index is 1.51. The van der Waals surface area contributed by atoms with Gasteiger partial charge in [-0.05, 0) is 75.3 Å². The van der Waals surface area contributed by atoms with Crippen molar-refractivity contribution in [2.75, 3.05) is 6.54 Å². The standard InChI is InChI=1S/C26H28Cl2N6/c1-15-11-18(6-9-24(15)33-10-4-5-16(33)2)23-14-30-25-22(13-29)32-34(26(25)31-23)17(3)20-8-7-19(27)12-21(20)28/h6-8,12,14-17,24H,4-5,9-11H2,1-3H3/t15-,16-,17?,24?/m1/s1. The minimum atomic E-state index is -0.237. The quantitative estimate of drug-likeness (QED) is 0.426. The molecule has 2 unspecified atom stereocenters. The summed E-state index contributed by atoms with van der Waals surface area (Å²) in [4.78, 5) is 12.3. The molecule has 0 saturated carbocycles. The van der Waals surface area contributed by atoms with Gasteiger partial charge in [-0.25, -0.2) is 14.6 Å². The molecule has 34 heavy (non-hydrogen) atoms. The van der Waals surface area contributed by atoms with Gasteiger partial charge in [0.25, 0.3) is 0 Å². The summed E-state index contributed by atoms with van der Waals surface area (Å²) in [6.07, 6.45) is 8.70. The normalized spacial score (nSPS) is 24.2. The van der Waals surface area contributed by atoms with Crippen molar-refractivity contribution in [1.29, 1.82) is 5.26 Å². The first-order chi connectivity index (χ1) is 16.4. The van der Waals surface area contributed by atoms with Gasteiger partial charge in [0, 0.05) is 22.1 Å². The van der Waals surface area contributed by atoms with E-state index in [-0.39, 0.29) is 11.7 Å². The molecule has 0 radical (unpaired) electrons. The van der Waals surface area contributed by atoms with Gasteiger partial charge < -0.3 is 0 Å². The fourth-order valence-corrected chi connectivity index (χ4v) is 6.13. The molecule has 2 aromatic heterocycles. The fourth-order valence-electron chi connectivity index (χ4n) is 5.56. The highest BCUT2D eigenvalue weighted by Crippen LogP contribution is 2.36. The third-order valence-electron chi connectivity index (χ3n) is 7.45. The molecule has 4 atom stereocenters. The second-order valence-corrected chi connectivity index (χ2v) is 10.5. The Morgan fingerprint density at radius 2 is 2.06 bits per heavy atom. The number of rotatable bonds is 4. The molecule has 3 heterocycles. The number of hydrogen-bond acceptors (Lipinski definition) is 5. The first kappa shape index (κ1) is 23.3. The van der Waals surface area contributed by atoms with Crippen molar-refractivity contribution < 1.29 is 0 Å². The lowest BCUT2D eigenvalue weighted by molar-refractivity contribution is 0.140. The Morgan fingerprint density at radius 1 is 1.24 bits per heavy atom. The van der Waals surface area contributed by atoms with Crippen molar-refractivity contribution in [3.63, 3.8) is 0 Å². The van der Waals surface area contributed by atoms with Crippen molar-refractivity contribution in [2.24, 2.45) is 5.92 Å². The lowest BCUT2D eigenvalue weighted by atomic mass is 9.83. The number of benzene rings is 1. The minimum Gasteiger partial charge on any atom is -0.297 e. The van der Waals surface area contributed by atoms with Gasteiger partial charge in [-0.1, -0.05) is 42.3 Å². The van der Waals surface area contributed by atoms with Crippen molar-refractivity contribution in [3.8, 4) is 6.07 Å². The van der Waals surface area contributed by atoms with Crippen LogP contribution in [0.1, 0.15) is 69.4 Å². The van der Waals surface area contributed by atoms with E-state index < -0.39 is 0 Å². The van der Waals surface area contributed by atoms with Crippen LogP contribution in [0.25, 0.3) is 16.7 Å². The van der Waals surface area contributed by atoms with Crippen LogP contribution < -0.4 is 0 Å². The smallest absolute Gasteiger partial charge is 0.190 e. The summed E-state index contributed by atoms with van der Waals surface area (Å²) >= 11 is 12.6. The summed E-state index contributed by atoms with van der Waals surface area (Å²) < 4.78 is 1.75. The molecule has 0 N–H and O–H groups in total. The Hall–Kier alpha value is -2.46. The van der Waals surface area contributed by atoms with Crippen molar-refractivity contribution >= 4 is 39.9 Å². The highest BCUT2D eigenvalue weighted by atomic mass is 35.5. The molecular weight excluding hydrogens is 467 g/mol. The van der Waals surface area contributed by atoms with Gasteiger partial charge in [-0.15, -0.1) is 0 Å². The van der Waals surface area contributed by atoms with Crippen LogP contribution in [0.15, 0.2) is 30.5 Å². The molecule has 0 spiro atoms. The number of fused-ring (bicyclic) bond motifs is 1. The van der Waals surface area contributed by atoms with Gasteiger partial charge in [0.15, 0.2) is 11.3 Å². The van der Waals surface area contributed by atoms with Crippen LogP contribution in [0.4, 0.5) is 0 Å². The van der Waals surface area contributed by atoms with Crippen LogP contribution in [0.3, 0.4) is 0 Å². The summed E-state index contributed by atoms with van der Waals surface area (Å²) in [6.45, 7) is 7.88. The van der Waals surface area contributed by atoms with E-state index in [2.05, 4.69) is 41.0 Å². The second kappa shape index (κ2) is 9.30. The Kier molecular flexibility index (Phi) is 6.37. The van der Waals surface area contributed by atoms with Crippen LogP contribution in [-0.4, -0.2) is 43.3 Å². The van der Waals surface area contributed by atoms with E-state index >= 15 is 0 Å². The molecule has 1 aliphatic carbocycles. The molecule has 1 aliphatic heterocycles. The Labute approximate surface area is 210 Å². The number of allylic oxidation sites excluding steroid dienone is 1. The van der Waals surface area contributed by atoms with Crippen LogP contribution in [0.2, 0.25) is 10.0 Å². The van der Waals surface area contributed by atoms with Gasteiger partial charge >= 0.3 is 0 Å². The molecule has 0 bridgehead atoms. The van der Waals surface area contributed by atoms with E-state index in [1.54, 1.807) is 23.0 Å². The molecule has 1 aromatic carbocycles. The maximum atomic E-state index is 9.65. The summed E-state index contributed by atoms with van der Waals surface area (Å²) in [5.74, 6) is 0.546. The van der Waals surface area contributed by atoms with Crippen molar-refractivity contribution in [1.82, 2.24) is 24.6 Å². The number of aromatic nitrogens is 4. The van der Waals surface area contributed by atoms with Crippen LogP contribution in [0, 0.1) is 17.2 Å². The first-order valence-corrected chi connectivity index (χ1v) is 12.7. The fraction of sp³-hybridized carbons (Fsp3) is 0.462. The number of halogens is 2. The van der Waals surface area contributed by atoms with Gasteiger partial charge in [0.2, 0.25) is 0 Å². The van der Waals surface area contributed by atoms with Gasteiger partial charge in [0.1, 0.15) is 11.6 Å². The van der Waals surface area contributed by atoms with Crippen molar-refractivity contribution in [2.45, 2.75) is 64.6 Å². The van der Waals surface area contributed by atoms with Gasteiger partial charge in [-0.2, -0.15) is 10.4 Å².